The number of hydrogen-bond donors (Lipinski definition) is 2. The average molecular weight is 396 g/mol. The fraction of sp³-hybridized carbons (Fsp3) is 0.909. The molecule has 0 amide bonds. The molecule has 0 bridgehead atoms. The van der Waals surface area contributed by atoms with Crippen molar-refractivity contribution in [1.29, 1.82) is 0 Å². The number of unbranched alkanes of at least 4 members (excludes halogenated alkanes) is 3. The van der Waals surface area contributed by atoms with Crippen LogP contribution in [0, 0.1) is 11.3 Å². The van der Waals surface area contributed by atoms with Crippen molar-refractivity contribution in [1.82, 2.24) is 10.6 Å². The Balaban J connectivity index is 1.66. The highest BCUT2D eigenvalue weighted by Gasteiger charge is 2.59. The number of guanidine groups is 1. The predicted molar refractivity (Wildman–Crippen MR) is 113 cm³/mol. The Labute approximate surface area is 171 Å². The largest absolute Gasteiger partial charge is 0.460 e. The molecule has 0 radical (unpaired) electrons. The topological polar surface area (TPSA) is 72.0 Å². The number of nitrogens with one attached hydrogen (secondary N) is 2. The molecule has 0 spiro atoms. The monoisotopic (exact) mass is 395 g/mol. The average Bonchev–Trinajstić information content (AvgIpc) is 3.04. The van der Waals surface area contributed by atoms with Gasteiger partial charge in [0.1, 0.15) is 5.60 Å². The van der Waals surface area contributed by atoms with Gasteiger partial charge in [-0.25, -0.2) is 0 Å². The highest BCUT2D eigenvalue weighted by Crippen LogP contribution is 2.52. The van der Waals surface area contributed by atoms with Crippen molar-refractivity contribution in [2.45, 2.75) is 97.8 Å². The summed E-state index contributed by atoms with van der Waals surface area (Å²) in [5, 5.41) is 7.03. The first kappa shape index (κ1) is 23.0. The van der Waals surface area contributed by atoms with E-state index in [4.69, 9.17) is 14.5 Å². The van der Waals surface area contributed by atoms with Gasteiger partial charge in [-0.1, -0.05) is 26.7 Å². The molecule has 2 aliphatic rings. The Hall–Kier alpha value is -1.30. The fourth-order valence-electron chi connectivity index (χ4n) is 4.40. The quantitative estimate of drug-likeness (QED) is 0.270. The lowest BCUT2D eigenvalue weighted by molar-refractivity contribution is -0.154. The summed E-state index contributed by atoms with van der Waals surface area (Å²) in [6.45, 7) is 14.9. The highest BCUT2D eigenvalue weighted by molar-refractivity contribution is 5.80. The number of carbonyl (C=O) groups is 1. The molecule has 3 atom stereocenters. The van der Waals surface area contributed by atoms with Gasteiger partial charge >= 0.3 is 5.97 Å². The number of hydrogen-bond acceptors (Lipinski definition) is 4. The van der Waals surface area contributed by atoms with Crippen molar-refractivity contribution in [2.75, 3.05) is 19.7 Å². The molecule has 0 aromatic rings. The van der Waals surface area contributed by atoms with E-state index >= 15 is 0 Å². The lowest BCUT2D eigenvalue weighted by Crippen LogP contribution is -2.67. The van der Waals surface area contributed by atoms with Gasteiger partial charge in [-0.15, -0.1) is 0 Å². The molecule has 0 aromatic heterocycles. The molecule has 1 heterocycles. The van der Waals surface area contributed by atoms with Crippen LogP contribution < -0.4 is 10.6 Å². The lowest BCUT2D eigenvalue weighted by atomic mass is 9.57. The Kier molecular flexibility index (Phi) is 8.17. The van der Waals surface area contributed by atoms with Crippen molar-refractivity contribution in [2.24, 2.45) is 16.3 Å². The van der Waals surface area contributed by atoms with E-state index in [1.807, 2.05) is 20.8 Å². The summed E-state index contributed by atoms with van der Waals surface area (Å²) in [5.41, 5.74) is -0.236. The molecule has 0 aromatic carbocycles. The van der Waals surface area contributed by atoms with Crippen LogP contribution in [0.4, 0.5) is 0 Å². The zero-order valence-electron chi connectivity index (χ0n) is 18.8. The highest BCUT2D eigenvalue weighted by atomic mass is 16.6. The smallest absolute Gasteiger partial charge is 0.306 e. The van der Waals surface area contributed by atoms with E-state index in [0.717, 1.165) is 57.8 Å². The first-order valence-corrected chi connectivity index (χ1v) is 11.0. The lowest BCUT2D eigenvalue weighted by Gasteiger charge is -2.54. The Morgan fingerprint density at radius 3 is 2.61 bits per heavy atom. The van der Waals surface area contributed by atoms with Crippen LogP contribution >= 0.6 is 0 Å². The number of esters is 1. The normalized spacial score (nSPS) is 26.4. The van der Waals surface area contributed by atoms with Gasteiger partial charge in [-0.2, -0.15) is 0 Å². The van der Waals surface area contributed by atoms with Gasteiger partial charge < -0.3 is 20.1 Å². The van der Waals surface area contributed by atoms with E-state index in [1.54, 1.807) is 0 Å². The van der Waals surface area contributed by atoms with Crippen molar-refractivity contribution < 1.29 is 14.3 Å². The van der Waals surface area contributed by atoms with E-state index in [1.165, 1.54) is 0 Å². The first-order chi connectivity index (χ1) is 13.1. The Morgan fingerprint density at radius 2 is 1.93 bits per heavy atom. The summed E-state index contributed by atoms with van der Waals surface area (Å²) < 4.78 is 11.2. The zero-order chi connectivity index (χ0) is 20.8. The Bertz CT molecular complexity index is 540. The molecular weight excluding hydrogens is 354 g/mol. The molecule has 28 heavy (non-hydrogen) atoms. The second-order valence-corrected chi connectivity index (χ2v) is 9.70. The van der Waals surface area contributed by atoms with Crippen LogP contribution in [0.2, 0.25) is 0 Å². The van der Waals surface area contributed by atoms with E-state index in [-0.39, 0.29) is 17.0 Å². The van der Waals surface area contributed by atoms with Crippen LogP contribution in [-0.4, -0.2) is 49.4 Å². The van der Waals surface area contributed by atoms with E-state index in [2.05, 4.69) is 31.4 Å². The van der Waals surface area contributed by atoms with Gasteiger partial charge in [0.15, 0.2) is 5.96 Å². The number of rotatable bonds is 9. The SMILES string of the molecule is CCNC(=NCCCCCCC(=O)OC(C)(C)C)NC1C2CCOC2C1(C)C. The maximum atomic E-state index is 11.7. The van der Waals surface area contributed by atoms with E-state index in [9.17, 15) is 4.79 Å². The molecule has 1 saturated heterocycles. The fourth-order valence-corrected chi connectivity index (χ4v) is 4.40. The number of nitrogens with zero attached hydrogens (tertiary/aromatic N) is 1. The molecular formula is C22H41N3O3. The van der Waals surface area contributed by atoms with Gasteiger partial charge in [0.2, 0.25) is 0 Å². The molecule has 2 N–H and O–H groups in total. The van der Waals surface area contributed by atoms with Gasteiger partial charge in [0.25, 0.3) is 0 Å². The van der Waals surface area contributed by atoms with Gasteiger partial charge in [-0.05, 0) is 47.0 Å². The summed E-state index contributed by atoms with van der Waals surface area (Å²) in [4.78, 5) is 16.5. The van der Waals surface area contributed by atoms with Crippen LogP contribution in [0.3, 0.4) is 0 Å². The van der Waals surface area contributed by atoms with Crippen molar-refractivity contribution in [3.63, 3.8) is 0 Å². The molecule has 2 rings (SSSR count). The van der Waals surface area contributed by atoms with Crippen LogP contribution in [0.25, 0.3) is 0 Å². The number of fused-ring (bicyclic) bond motifs is 1. The maximum Gasteiger partial charge on any atom is 0.306 e. The first-order valence-electron chi connectivity index (χ1n) is 11.0. The minimum atomic E-state index is -0.388. The van der Waals surface area contributed by atoms with Crippen LogP contribution in [0.1, 0.15) is 80.1 Å². The van der Waals surface area contributed by atoms with Crippen LogP contribution in [-0.2, 0) is 14.3 Å². The van der Waals surface area contributed by atoms with E-state index in [0.29, 0.717) is 24.5 Å². The molecule has 3 unspecified atom stereocenters. The molecule has 1 aliphatic heterocycles. The van der Waals surface area contributed by atoms with Crippen molar-refractivity contribution in [3.8, 4) is 0 Å². The standard InChI is InChI=1S/C22H41N3O3/c1-7-23-20(25-18-16-13-15-27-19(16)22(18,5)6)24-14-11-9-8-10-12-17(26)28-21(2,3)4/h16,18-19H,7-15H2,1-6H3,(H2,23,24,25). The van der Waals surface area contributed by atoms with Gasteiger partial charge in [-0.3, -0.25) is 9.79 Å². The van der Waals surface area contributed by atoms with E-state index < -0.39 is 0 Å². The van der Waals surface area contributed by atoms with Gasteiger partial charge in [0.05, 0.1) is 6.10 Å². The number of carbonyl (C=O) groups excluding carboxylic acids is 1. The van der Waals surface area contributed by atoms with Crippen LogP contribution in [0.15, 0.2) is 4.99 Å². The summed E-state index contributed by atoms with van der Waals surface area (Å²) >= 11 is 0. The zero-order valence-corrected chi connectivity index (χ0v) is 18.8. The number of aliphatic imine (C=N–C) groups is 1. The third kappa shape index (κ3) is 6.36. The number of ether oxygens (including phenoxy) is 2. The Morgan fingerprint density at radius 1 is 1.21 bits per heavy atom. The summed E-state index contributed by atoms with van der Waals surface area (Å²) in [6, 6.07) is 0.423. The van der Waals surface area contributed by atoms with Gasteiger partial charge in [0, 0.05) is 43.5 Å². The predicted octanol–water partition coefficient (Wildman–Crippen LogP) is 3.65. The molecule has 2 fully saturated rings. The second kappa shape index (κ2) is 9.95. The third-order valence-corrected chi connectivity index (χ3v) is 5.72. The minimum Gasteiger partial charge on any atom is -0.460 e. The summed E-state index contributed by atoms with van der Waals surface area (Å²) in [5.74, 6) is 1.42. The van der Waals surface area contributed by atoms with Crippen molar-refractivity contribution in [3.05, 3.63) is 0 Å². The second-order valence-electron chi connectivity index (χ2n) is 9.70. The third-order valence-electron chi connectivity index (χ3n) is 5.72. The van der Waals surface area contributed by atoms with Crippen LogP contribution in [0.5, 0.6) is 0 Å². The molecule has 1 aliphatic carbocycles. The maximum absolute atomic E-state index is 11.7. The summed E-state index contributed by atoms with van der Waals surface area (Å²) in [6.07, 6.45) is 6.08. The summed E-state index contributed by atoms with van der Waals surface area (Å²) in [7, 11) is 0. The molecule has 1 saturated carbocycles. The molecule has 6 heteroatoms. The van der Waals surface area contributed by atoms with Crippen molar-refractivity contribution >= 4 is 11.9 Å². The minimum absolute atomic E-state index is 0.0959. The molecule has 6 nitrogen and oxygen atoms in total. The molecule has 162 valence electrons.